The Kier molecular flexibility index (Phi) is 3.95. The van der Waals surface area contributed by atoms with Gasteiger partial charge in [0.25, 0.3) is 0 Å². The van der Waals surface area contributed by atoms with Gasteiger partial charge in [-0.15, -0.1) is 0 Å². The van der Waals surface area contributed by atoms with E-state index in [1.807, 2.05) is 0 Å². The molecule has 0 radical (unpaired) electrons. The SMILES string of the molecule is O=C1C=C[C@@H](OC2O[C@H](CO)[C@@H](O)[C@H](O)[C@H]2O)N1. The van der Waals surface area contributed by atoms with Gasteiger partial charge in [0, 0.05) is 6.08 Å². The van der Waals surface area contributed by atoms with Gasteiger partial charge >= 0.3 is 0 Å². The maximum absolute atomic E-state index is 10.9. The van der Waals surface area contributed by atoms with E-state index in [0.29, 0.717) is 0 Å². The fraction of sp³-hybridized carbons (Fsp3) is 0.700. The van der Waals surface area contributed by atoms with E-state index in [1.165, 1.54) is 12.2 Å². The van der Waals surface area contributed by atoms with Crippen LogP contribution < -0.4 is 5.32 Å². The number of ether oxygens (including phenoxy) is 2. The Morgan fingerprint density at radius 1 is 1.28 bits per heavy atom. The molecule has 5 N–H and O–H groups in total. The highest BCUT2D eigenvalue weighted by atomic mass is 16.7. The quantitative estimate of drug-likeness (QED) is 0.362. The van der Waals surface area contributed by atoms with Gasteiger partial charge in [-0.25, -0.2) is 0 Å². The summed E-state index contributed by atoms with van der Waals surface area (Å²) in [5.41, 5.74) is 0. The monoisotopic (exact) mass is 261 g/mol. The third kappa shape index (κ3) is 2.53. The van der Waals surface area contributed by atoms with E-state index >= 15 is 0 Å². The molecule has 0 aromatic carbocycles. The molecule has 8 heteroatoms. The molecule has 0 bridgehead atoms. The van der Waals surface area contributed by atoms with E-state index in [9.17, 15) is 20.1 Å². The number of rotatable bonds is 3. The summed E-state index contributed by atoms with van der Waals surface area (Å²) in [6, 6.07) is 0. The molecule has 6 atom stereocenters. The molecule has 2 aliphatic heterocycles. The molecule has 0 aromatic heterocycles. The number of carbonyl (C=O) groups excluding carboxylic acids is 1. The molecule has 8 nitrogen and oxygen atoms in total. The topological polar surface area (TPSA) is 128 Å². The lowest BCUT2D eigenvalue weighted by Gasteiger charge is -2.40. The molecule has 2 aliphatic rings. The lowest BCUT2D eigenvalue weighted by Crippen LogP contribution is -2.60. The summed E-state index contributed by atoms with van der Waals surface area (Å²) < 4.78 is 10.3. The Labute approximate surface area is 102 Å². The van der Waals surface area contributed by atoms with E-state index in [2.05, 4.69) is 5.32 Å². The largest absolute Gasteiger partial charge is 0.394 e. The van der Waals surface area contributed by atoms with Crippen LogP contribution >= 0.6 is 0 Å². The van der Waals surface area contributed by atoms with E-state index < -0.39 is 43.5 Å². The van der Waals surface area contributed by atoms with Gasteiger partial charge in [-0.2, -0.15) is 0 Å². The molecule has 1 saturated heterocycles. The van der Waals surface area contributed by atoms with Crippen molar-refractivity contribution in [1.82, 2.24) is 5.32 Å². The Hall–Kier alpha value is -1.03. The first-order valence-corrected chi connectivity index (χ1v) is 5.47. The lowest BCUT2D eigenvalue weighted by atomic mass is 9.99. The van der Waals surface area contributed by atoms with E-state index in [4.69, 9.17) is 14.6 Å². The van der Waals surface area contributed by atoms with Crippen LogP contribution in [0.25, 0.3) is 0 Å². The van der Waals surface area contributed by atoms with Crippen LogP contribution in [0.5, 0.6) is 0 Å². The smallest absolute Gasteiger partial charge is 0.246 e. The second-order valence-electron chi connectivity index (χ2n) is 4.12. The summed E-state index contributed by atoms with van der Waals surface area (Å²) in [6.07, 6.45) is -4.80. The molecule has 0 saturated carbocycles. The van der Waals surface area contributed by atoms with Crippen molar-refractivity contribution in [3.8, 4) is 0 Å². The van der Waals surface area contributed by atoms with E-state index in [-0.39, 0.29) is 5.91 Å². The minimum Gasteiger partial charge on any atom is -0.394 e. The Balaban J connectivity index is 1.99. The predicted molar refractivity (Wildman–Crippen MR) is 55.9 cm³/mol. The highest BCUT2D eigenvalue weighted by Crippen LogP contribution is 2.23. The highest BCUT2D eigenvalue weighted by molar-refractivity contribution is 5.90. The first-order valence-electron chi connectivity index (χ1n) is 5.47. The fourth-order valence-electron chi connectivity index (χ4n) is 1.81. The molecule has 2 rings (SSSR count). The zero-order chi connectivity index (χ0) is 13.3. The van der Waals surface area contributed by atoms with Crippen molar-refractivity contribution in [3.63, 3.8) is 0 Å². The zero-order valence-electron chi connectivity index (χ0n) is 9.34. The van der Waals surface area contributed by atoms with Crippen LogP contribution in [0.2, 0.25) is 0 Å². The number of nitrogens with one attached hydrogen (secondary N) is 1. The summed E-state index contributed by atoms with van der Waals surface area (Å²) in [4.78, 5) is 10.9. The average Bonchev–Trinajstić information content (AvgIpc) is 2.75. The molecule has 102 valence electrons. The van der Waals surface area contributed by atoms with Gasteiger partial charge in [-0.05, 0) is 6.08 Å². The van der Waals surface area contributed by atoms with Crippen LogP contribution in [0.4, 0.5) is 0 Å². The van der Waals surface area contributed by atoms with Crippen LogP contribution in [0, 0.1) is 0 Å². The number of aliphatic hydroxyl groups excluding tert-OH is 4. The number of hydrogen-bond donors (Lipinski definition) is 5. The third-order valence-corrected chi connectivity index (χ3v) is 2.84. The summed E-state index contributed by atoms with van der Waals surface area (Å²) in [5.74, 6) is -0.343. The molecular formula is C10H15NO7. The first kappa shape index (κ1) is 13.4. The Bertz CT molecular complexity index is 345. The van der Waals surface area contributed by atoms with Gasteiger partial charge in [0.1, 0.15) is 24.4 Å². The third-order valence-electron chi connectivity index (χ3n) is 2.84. The first-order chi connectivity index (χ1) is 8.52. The van der Waals surface area contributed by atoms with Crippen LogP contribution in [0.1, 0.15) is 0 Å². The Morgan fingerprint density at radius 2 is 2.00 bits per heavy atom. The standard InChI is InChI=1S/C10H15NO7/c12-3-4-7(14)8(15)9(16)10(17-4)18-6-2-1-5(13)11-6/h1-2,4,6-10,12,14-16H,3H2,(H,11,13)/t4-,6-,7-,8+,9-,10?/m1/s1. The minimum absolute atomic E-state index is 0.343. The second-order valence-corrected chi connectivity index (χ2v) is 4.12. The minimum atomic E-state index is -1.50. The molecule has 1 fully saturated rings. The van der Waals surface area contributed by atoms with Gasteiger partial charge in [-0.3, -0.25) is 4.79 Å². The second kappa shape index (κ2) is 5.31. The van der Waals surface area contributed by atoms with Crippen molar-refractivity contribution in [3.05, 3.63) is 12.2 Å². The van der Waals surface area contributed by atoms with Gasteiger partial charge in [0.15, 0.2) is 12.5 Å². The summed E-state index contributed by atoms with van der Waals surface area (Å²) in [5, 5.41) is 40.1. The highest BCUT2D eigenvalue weighted by Gasteiger charge is 2.44. The average molecular weight is 261 g/mol. The predicted octanol–water partition coefficient (Wildman–Crippen LogP) is -3.18. The number of amides is 1. The van der Waals surface area contributed by atoms with Gasteiger partial charge < -0.3 is 35.2 Å². The zero-order valence-corrected chi connectivity index (χ0v) is 9.34. The number of carbonyl (C=O) groups is 1. The fourth-order valence-corrected chi connectivity index (χ4v) is 1.81. The summed E-state index contributed by atoms with van der Waals surface area (Å²) in [7, 11) is 0. The summed E-state index contributed by atoms with van der Waals surface area (Å²) in [6.45, 7) is -0.530. The van der Waals surface area contributed by atoms with Crippen LogP contribution in [0.15, 0.2) is 12.2 Å². The molecule has 2 heterocycles. The van der Waals surface area contributed by atoms with Crippen LogP contribution in [-0.2, 0) is 14.3 Å². The number of aliphatic hydroxyl groups is 4. The molecule has 0 aliphatic carbocycles. The summed E-state index contributed by atoms with van der Waals surface area (Å²) >= 11 is 0. The maximum Gasteiger partial charge on any atom is 0.246 e. The van der Waals surface area contributed by atoms with Gasteiger partial charge in [0.05, 0.1) is 6.61 Å². The molecule has 1 unspecified atom stereocenters. The number of hydrogen-bond acceptors (Lipinski definition) is 7. The van der Waals surface area contributed by atoms with E-state index in [1.54, 1.807) is 0 Å². The van der Waals surface area contributed by atoms with Crippen LogP contribution in [0.3, 0.4) is 0 Å². The lowest BCUT2D eigenvalue weighted by molar-refractivity contribution is -0.308. The van der Waals surface area contributed by atoms with Gasteiger partial charge in [0.2, 0.25) is 5.91 Å². The van der Waals surface area contributed by atoms with Crippen molar-refractivity contribution >= 4 is 5.91 Å². The van der Waals surface area contributed by atoms with Gasteiger partial charge in [-0.1, -0.05) is 0 Å². The van der Waals surface area contributed by atoms with Crippen molar-refractivity contribution in [2.24, 2.45) is 0 Å². The molecular weight excluding hydrogens is 246 g/mol. The van der Waals surface area contributed by atoms with Crippen molar-refractivity contribution in [2.45, 2.75) is 36.9 Å². The van der Waals surface area contributed by atoms with Crippen molar-refractivity contribution in [1.29, 1.82) is 0 Å². The molecule has 0 aromatic rings. The molecule has 1 amide bonds. The normalized spacial score (nSPS) is 44.1. The van der Waals surface area contributed by atoms with Crippen molar-refractivity contribution in [2.75, 3.05) is 6.61 Å². The van der Waals surface area contributed by atoms with Crippen LogP contribution in [-0.4, -0.2) is 69.9 Å². The maximum atomic E-state index is 10.9. The molecule has 18 heavy (non-hydrogen) atoms. The van der Waals surface area contributed by atoms with Crippen molar-refractivity contribution < 1.29 is 34.7 Å². The van der Waals surface area contributed by atoms with E-state index in [0.717, 1.165) is 0 Å². The Morgan fingerprint density at radius 3 is 2.56 bits per heavy atom. The molecule has 0 spiro atoms.